The van der Waals surface area contributed by atoms with E-state index in [1.807, 2.05) is 32.0 Å². The molecule has 3 N–H and O–H groups in total. The van der Waals surface area contributed by atoms with E-state index in [-0.39, 0.29) is 11.3 Å². The lowest BCUT2D eigenvalue weighted by atomic mass is 9.87. The van der Waals surface area contributed by atoms with Crippen LogP contribution in [0.4, 0.5) is 0 Å². The molecule has 0 fully saturated rings. The van der Waals surface area contributed by atoms with Crippen LogP contribution < -0.4 is 5.32 Å². The van der Waals surface area contributed by atoms with Crippen LogP contribution in [-0.2, 0) is 0 Å². The molecule has 0 aliphatic carbocycles. The third-order valence-corrected chi connectivity index (χ3v) is 3.88. The summed E-state index contributed by atoms with van der Waals surface area (Å²) >= 11 is 6.14. The molecule has 1 heterocycles. The number of nitrogens with one attached hydrogen (secondary N) is 2. The van der Waals surface area contributed by atoms with Crippen LogP contribution in [0.2, 0.25) is 5.02 Å². The zero-order valence-corrected chi connectivity index (χ0v) is 14.3. The van der Waals surface area contributed by atoms with Crippen molar-refractivity contribution in [2.24, 2.45) is 5.41 Å². The van der Waals surface area contributed by atoms with Crippen molar-refractivity contribution in [3.63, 3.8) is 0 Å². The van der Waals surface area contributed by atoms with Gasteiger partial charge in [-0.2, -0.15) is 5.10 Å². The van der Waals surface area contributed by atoms with Crippen LogP contribution in [0.1, 0.15) is 37.7 Å². The highest BCUT2D eigenvalue weighted by atomic mass is 35.5. The Morgan fingerprint density at radius 1 is 1.43 bits per heavy atom. The molecule has 1 unspecified atom stereocenters. The van der Waals surface area contributed by atoms with E-state index in [9.17, 15) is 9.90 Å². The molecule has 0 bridgehead atoms. The number of hydrogen-bond donors (Lipinski definition) is 3. The number of aliphatic hydroxyl groups is 1. The molecule has 2 rings (SSSR count). The standard InChI is InChI=1S/C17H22ClN3O2/c1-11(22)9-17(2,3)10-19-16(23)15-8-14(20-21-15)12-6-4-5-7-13(12)18/h4-8,11,22H,9-10H2,1-3H3,(H,19,23)(H,20,21). The number of carbonyl (C=O) groups excluding carboxylic acids is 1. The Labute approximate surface area is 141 Å². The molecule has 6 heteroatoms. The van der Waals surface area contributed by atoms with Crippen LogP contribution >= 0.6 is 11.6 Å². The van der Waals surface area contributed by atoms with Gasteiger partial charge in [0.25, 0.3) is 5.91 Å². The molecule has 1 amide bonds. The van der Waals surface area contributed by atoms with Gasteiger partial charge in [0.05, 0.1) is 16.8 Å². The zero-order valence-electron chi connectivity index (χ0n) is 13.6. The molecule has 0 spiro atoms. The van der Waals surface area contributed by atoms with Crippen LogP contribution in [0, 0.1) is 5.41 Å². The minimum Gasteiger partial charge on any atom is -0.393 e. The van der Waals surface area contributed by atoms with Crippen molar-refractivity contribution in [2.75, 3.05) is 6.54 Å². The maximum absolute atomic E-state index is 12.2. The van der Waals surface area contributed by atoms with Crippen molar-refractivity contribution in [1.82, 2.24) is 15.5 Å². The van der Waals surface area contributed by atoms with Crippen molar-refractivity contribution >= 4 is 17.5 Å². The normalized spacial score (nSPS) is 12.9. The minimum absolute atomic E-state index is 0.185. The first-order valence-electron chi connectivity index (χ1n) is 7.55. The van der Waals surface area contributed by atoms with Crippen LogP contribution in [0.15, 0.2) is 30.3 Å². The summed E-state index contributed by atoms with van der Waals surface area (Å²) in [5.41, 5.74) is 1.60. The van der Waals surface area contributed by atoms with E-state index in [1.165, 1.54) is 0 Å². The quantitative estimate of drug-likeness (QED) is 0.758. The molecule has 23 heavy (non-hydrogen) atoms. The summed E-state index contributed by atoms with van der Waals surface area (Å²) in [6.45, 7) is 6.22. The molecule has 0 radical (unpaired) electrons. The van der Waals surface area contributed by atoms with Gasteiger partial charge in [0, 0.05) is 12.1 Å². The molecule has 1 atom stereocenters. The monoisotopic (exact) mass is 335 g/mol. The number of rotatable bonds is 6. The van der Waals surface area contributed by atoms with Gasteiger partial charge >= 0.3 is 0 Å². The van der Waals surface area contributed by atoms with Crippen molar-refractivity contribution in [3.8, 4) is 11.3 Å². The number of H-pyrrole nitrogens is 1. The summed E-state index contributed by atoms with van der Waals surface area (Å²) in [5.74, 6) is -0.227. The molecule has 5 nitrogen and oxygen atoms in total. The van der Waals surface area contributed by atoms with E-state index < -0.39 is 6.10 Å². The van der Waals surface area contributed by atoms with Gasteiger partial charge in [0.2, 0.25) is 0 Å². The number of nitrogens with zero attached hydrogens (tertiary/aromatic N) is 1. The number of aliphatic hydroxyl groups excluding tert-OH is 1. The number of amides is 1. The molecular weight excluding hydrogens is 314 g/mol. The topological polar surface area (TPSA) is 78.0 Å². The first-order chi connectivity index (χ1) is 10.8. The van der Waals surface area contributed by atoms with Gasteiger partial charge in [0.1, 0.15) is 5.69 Å². The van der Waals surface area contributed by atoms with Gasteiger partial charge < -0.3 is 10.4 Å². The first kappa shape index (κ1) is 17.5. The summed E-state index contributed by atoms with van der Waals surface area (Å²) in [6, 6.07) is 9.03. The maximum atomic E-state index is 12.2. The number of halogens is 1. The molecule has 0 saturated carbocycles. The summed E-state index contributed by atoms with van der Waals surface area (Å²) in [4.78, 5) is 12.2. The predicted molar refractivity (Wildman–Crippen MR) is 91.4 cm³/mol. The highest BCUT2D eigenvalue weighted by Crippen LogP contribution is 2.26. The summed E-state index contributed by atoms with van der Waals surface area (Å²) in [6.07, 6.45) is 0.210. The summed E-state index contributed by atoms with van der Waals surface area (Å²) in [7, 11) is 0. The fourth-order valence-electron chi connectivity index (χ4n) is 2.53. The Kier molecular flexibility index (Phi) is 5.44. The van der Waals surface area contributed by atoms with Crippen molar-refractivity contribution in [2.45, 2.75) is 33.3 Å². The smallest absolute Gasteiger partial charge is 0.269 e. The molecule has 2 aromatic rings. The van der Waals surface area contributed by atoms with E-state index in [0.29, 0.717) is 29.4 Å². The Hall–Kier alpha value is -1.85. The predicted octanol–water partition coefficient (Wildman–Crippen LogP) is 3.26. The van der Waals surface area contributed by atoms with Crippen LogP contribution in [0.3, 0.4) is 0 Å². The second kappa shape index (κ2) is 7.15. The third kappa shape index (κ3) is 4.81. The Morgan fingerprint density at radius 2 is 2.13 bits per heavy atom. The van der Waals surface area contributed by atoms with E-state index in [0.717, 1.165) is 5.56 Å². The fourth-order valence-corrected chi connectivity index (χ4v) is 2.76. The number of aromatic amines is 1. The number of carbonyl (C=O) groups is 1. The van der Waals surface area contributed by atoms with Gasteiger partial charge in [-0.1, -0.05) is 43.6 Å². The van der Waals surface area contributed by atoms with E-state index in [1.54, 1.807) is 19.1 Å². The molecule has 0 aliphatic heterocycles. The van der Waals surface area contributed by atoms with Gasteiger partial charge in [-0.15, -0.1) is 0 Å². The lowest BCUT2D eigenvalue weighted by Gasteiger charge is -2.26. The second-order valence-electron chi connectivity index (χ2n) is 6.55. The zero-order chi connectivity index (χ0) is 17.0. The average molecular weight is 336 g/mol. The molecule has 0 aliphatic rings. The minimum atomic E-state index is -0.402. The molecule has 124 valence electrons. The number of hydrogen-bond acceptors (Lipinski definition) is 3. The Bertz CT molecular complexity index is 680. The lowest BCUT2D eigenvalue weighted by Crippen LogP contribution is -2.35. The van der Waals surface area contributed by atoms with Crippen molar-refractivity contribution in [3.05, 3.63) is 41.0 Å². The van der Waals surface area contributed by atoms with Crippen molar-refractivity contribution < 1.29 is 9.90 Å². The molecule has 0 saturated heterocycles. The van der Waals surface area contributed by atoms with E-state index in [2.05, 4.69) is 15.5 Å². The Morgan fingerprint density at radius 3 is 2.78 bits per heavy atom. The van der Waals surface area contributed by atoms with Crippen molar-refractivity contribution in [1.29, 1.82) is 0 Å². The molecule has 1 aromatic carbocycles. The highest BCUT2D eigenvalue weighted by Gasteiger charge is 2.22. The van der Waals surface area contributed by atoms with Gasteiger partial charge in [-0.25, -0.2) is 0 Å². The van der Waals surface area contributed by atoms with E-state index >= 15 is 0 Å². The largest absolute Gasteiger partial charge is 0.393 e. The first-order valence-corrected chi connectivity index (χ1v) is 7.93. The second-order valence-corrected chi connectivity index (χ2v) is 6.95. The lowest BCUT2D eigenvalue weighted by molar-refractivity contribution is 0.0897. The maximum Gasteiger partial charge on any atom is 0.269 e. The van der Waals surface area contributed by atoms with Gasteiger partial charge in [-0.3, -0.25) is 9.89 Å². The fraction of sp³-hybridized carbons (Fsp3) is 0.412. The van der Waals surface area contributed by atoms with Gasteiger partial charge in [-0.05, 0) is 30.9 Å². The molecular formula is C17H22ClN3O2. The Balaban J connectivity index is 2.03. The highest BCUT2D eigenvalue weighted by molar-refractivity contribution is 6.33. The van der Waals surface area contributed by atoms with Crippen LogP contribution in [0.5, 0.6) is 0 Å². The van der Waals surface area contributed by atoms with E-state index in [4.69, 9.17) is 11.6 Å². The molecule has 1 aromatic heterocycles. The van der Waals surface area contributed by atoms with Crippen LogP contribution in [-0.4, -0.2) is 33.9 Å². The van der Waals surface area contributed by atoms with Crippen LogP contribution in [0.25, 0.3) is 11.3 Å². The SMILES string of the molecule is CC(O)CC(C)(C)CNC(=O)c1cc(-c2ccccc2Cl)n[nH]1. The van der Waals surface area contributed by atoms with Gasteiger partial charge in [0.15, 0.2) is 0 Å². The average Bonchev–Trinajstić information content (AvgIpc) is 2.93. The number of aromatic nitrogens is 2. The third-order valence-electron chi connectivity index (χ3n) is 3.55. The summed E-state index contributed by atoms with van der Waals surface area (Å²) in [5, 5.41) is 19.8. The summed E-state index contributed by atoms with van der Waals surface area (Å²) < 4.78 is 0. The number of benzene rings is 1.